The smallest absolute Gasteiger partial charge is 0.232 e. The van der Waals surface area contributed by atoms with E-state index in [-0.39, 0.29) is 18.6 Å². The van der Waals surface area contributed by atoms with Gasteiger partial charge in [-0.25, -0.2) is 0 Å². The first-order chi connectivity index (χ1) is 14.7. The SMILES string of the molecule is CCOc1cccc(-c2noc(C3CC(=O)N(Cc4ccc5c(c4)OCO5)C3)n2)c1. The van der Waals surface area contributed by atoms with E-state index >= 15 is 0 Å². The molecule has 30 heavy (non-hydrogen) atoms. The minimum Gasteiger partial charge on any atom is -0.494 e. The van der Waals surface area contributed by atoms with Gasteiger partial charge in [0, 0.05) is 25.1 Å². The van der Waals surface area contributed by atoms with Crippen LogP contribution in [0.25, 0.3) is 11.4 Å². The summed E-state index contributed by atoms with van der Waals surface area (Å²) < 4.78 is 21.8. The lowest BCUT2D eigenvalue weighted by Gasteiger charge is -2.16. The summed E-state index contributed by atoms with van der Waals surface area (Å²) in [5.74, 6) is 3.12. The molecule has 1 saturated heterocycles. The van der Waals surface area contributed by atoms with Gasteiger partial charge >= 0.3 is 0 Å². The van der Waals surface area contributed by atoms with Crippen molar-refractivity contribution in [2.75, 3.05) is 19.9 Å². The van der Waals surface area contributed by atoms with Gasteiger partial charge in [0.05, 0.1) is 12.5 Å². The van der Waals surface area contributed by atoms with Gasteiger partial charge in [-0.2, -0.15) is 4.98 Å². The predicted octanol–water partition coefficient (Wildman–Crippen LogP) is 3.38. The Morgan fingerprint density at radius 2 is 2.07 bits per heavy atom. The van der Waals surface area contributed by atoms with Crippen molar-refractivity contribution in [1.82, 2.24) is 15.0 Å². The molecule has 0 radical (unpaired) electrons. The number of carbonyl (C=O) groups excluding carboxylic acids is 1. The number of fused-ring (bicyclic) bond motifs is 1. The molecule has 0 spiro atoms. The van der Waals surface area contributed by atoms with E-state index in [1.54, 1.807) is 0 Å². The Labute approximate surface area is 173 Å². The van der Waals surface area contributed by atoms with Crippen molar-refractivity contribution in [1.29, 1.82) is 0 Å². The molecule has 8 heteroatoms. The van der Waals surface area contributed by atoms with E-state index in [0.29, 0.717) is 43.6 Å². The fourth-order valence-corrected chi connectivity index (χ4v) is 3.76. The first kappa shape index (κ1) is 18.5. The summed E-state index contributed by atoms with van der Waals surface area (Å²) in [5.41, 5.74) is 1.81. The zero-order chi connectivity index (χ0) is 20.5. The second kappa shape index (κ2) is 7.70. The average Bonchev–Trinajstić information content (AvgIpc) is 3.48. The van der Waals surface area contributed by atoms with Gasteiger partial charge < -0.3 is 23.6 Å². The third kappa shape index (κ3) is 3.56. The number of aromatic nitrogens is 2. The van der Waals surface area contributed by atoms with Crippen LogP contribution in [0.1, 0.15) is 30.7 Å². The average molecular weight is 407 g/mol. The molecule has 154 valence electrons. The molecular weight excluding hydrogens is 386 g/mol. The van der Waals surface area contributed by atoms with E-state index < -0.39 is 0 Å². The van der Waals surface area contributed by atoms with E-state index in [1.165, 1.54) is 0 Å². The highest BCUT2D eigenvalue weighted by Crippen LogP contribution is 2.34. The van der Waals surface area contributed by atoms with Crippen LogP contribution in [-0.4, -0.2) is 40.9 Å². The largest absolute Gasteiger partial charge is 0.494 e. The molecule has 8 nitrogen and oxygen atoms in total. The number of benzene rings is 2. The van der Waals surface area contributed by atoms with Gasteiger partial charge in [-0.05, 0) is 36.8 Å². The van der Waals surface area contributed by atoms with Crippen molar-refractivity contribution in [3.05, 3.63) is 53.9 Å². The molecule has 0 N–H and O–H groups in total. The third-order valence-corrected chi connectivity index (χ3v) is 5.22. The van der Waals surface area contributed by atoms with Crippen LogP contribution >= 0.6 is 0 Å². The molecule has 1 unspecified atom stereocenters. The number of amides is 1. The molecule has 0 saturated carbocycles. The van der Waals surface area contributed by atoms with Crippen molar-refractivity contribution in [2.45, 2.75) is 25.8 Å². The van der Waals surface area contributed by atoms with E-state index in [0.717, 1.165) is 22.6 Å². The zero-order valence-electron chi connectivity index (χ0n) is 16.5. The number of rotatable bonds is 6. The van der Waals surface area contributed by atoms with Gasteiger partial charge in [0.15, 0.2) is 11.5 Å². The van der Waals surface area contributed by atoms with Crippen LogP contribution in [0.5, 0.6) is 17.2 Å². The molecule has 5 rings (SSSR count). The molecule has 3 aromatic rings. The van der Waals surface area contributed by atoms with Crippen LogP contribution in [-0.2, 0) is 11.3 Å². The van der Waals surface area contributed by atoms with Gasteiger partial charge in [-0.3, -0.25) is 4.79 Å². The summed E-state index contributed by atoms with van der Waals surface area (Å²) in [4.78, 5) is 18.9. The molecule has 0 aliphatic carbocycles. The van der Waals surface area contributed by atoms with Gasteiger partial charge in [0.2, 0.25) is 24.4 Å². The van der Waals surface area contributed by atoms with E-state index in [2.05, 4.69) is 10.1 Å². The van der Waals surface area contributed by atoms with Crippen LogP contribution in [0.3, 0.4) is 0 Å². The number of hydrogen-bond donors (Lipinski definition) is 0. The second-order valence-corrected chi connectivity index (χ2v) is 7.28. The highest BCUT2D eigenvalue weighted by atomic mass is 16.7. The summed E-state index contributed by atoms with van der Waals surface area (Å²) >= 11 is 0. The number of ether oxygens (including phenoxy) is 3. The standard InChI is InChI=1S/C22H21N3O5/c1-2-27-17-5-3-4-15(9-17)21-23-22(30-24-21)16-10-20(26)25(12-16)11-14-6-7-18-19(8-14)29-13-28-18/h3-9,16H,2,10-13H2,1H3. The van der Waals surface area contributed by atoms with E-state index in [4.69, 9.17) is 18.7 Å². The van der Waals surface area contributed by atoms with Crippen LogP contribution in [0, 0.1) is 0 Å². The minimum atomic E-state index is -0.122. The maximum absolute atomic E-state index is 12.6. The lowest BCUT2D eigenvalue weighted by atomic mass is 10.1. The lowest BCUT2D eigenvalue weighted by Crippen LogP contribution is -2.24. The second-order valence-electron chi connectivity index (χ2n) is 7.28. The monoisotopic (exact) mass is 407 g/mol. The molecule has 2 aliphatic heterocycles. The number of hydrogen-bond acceptors (Lipinski definition) is 7. The molecular formula is C22H21N3O5. The van der Waals surface area contributed by atoms with Crippen LogP contribution < -0.4 is 14.2 Å². The molecule has 2 aromatic carbocycles. The Bertz CT molecular complexity index is 1080. The normalized spacial score (nSPS) is 17.6. The Morgan fingerprint density at radius 3 is 2.97 bits per heavy atom. The van der Waals surface area contributed by atoms with Crippen molar-refractivity contribution < 1.29 is 23.5 Å². The van der Waals surface area contributed by atoms with Crippen LogP contribution in [0.4, 0.5) is 0 Å². The molecule has 0 bridgehead atoms. The molecule has 2 aliphatic rings. The quantitative estimate of drug-likeness (QED) is 0.619. The predicted molar refractivity (Wildman–Crippen MR) is 106 cm³/mol. The minimum absolute atomic E-state index is 0.0655. The summed E-state index contributed by atoms with van der Waals surface area (Å²) in [7, 11) is 0. The molecule has 3 heterocycles. The van der Waals surface area contributed by atoms with E-state index in [9.17, 15) is 4.79 Å². The summed E-state index contributed by atoms with van der Waals surface area (Å²) in [5, 5.41) is 4.10. The maximum Gasteiger partial charge on any atom is 0.232 e. The summed E-state index contributed by atoms with van der Waals surface area (Å²) in [6.45, 7) is 3.80. The first-order valence-corrected chi connectivity index (χ1v) is 9.92. The van der Waals surface area contributed by atoms with Crippen LogP contribution in [0.15, 0.2) is 47.0 Å². The van der Waals surface area contributed by atoms with Crippen molar-refractivity contribution in [2.24, 2.45) is 0 Å². The van der Waals surface area contributed by atoms with Crippen molar-refractivity contribution in [3.8, 4) is 28.6 Å². The summed E-state index contributed by atoms with van der Waals surface area (Å²) in [6.07, 6.45) is 0.352. The van der Waals surface area contributed by atoms with Gasteiger partial charge in [0.25, 0.3) is 0 Å². The molecule has 1 aromatic heterocycles. The lowest BCUT2D eigenvalue weighted by molar-refractivity contribution is -0.128. The van der Waals surface area contributed by atoms with Crippen molar-refractivity contribution in [3.63, 3.8) is 0 Å². The Balaban J connectivity index is 1.28. The van der Waals surface area contributed by atoms with Crippen LogP contribution in [0.2, 0.25) is 0 Å². The highest BCUT2D eigenvalue weighted by Gasteiger charge is 2.34. The number of nitrogens with zero attached hydrogens (tertiary/aromatic N) is 3. The highest BCUT2D eigenvalue weighted by molar-refractivity contribution is 5.79. The first-order valence-electron chi connectivity index (χ1n) is 9.92. The van der Waals surface area contributed by atoms with Gasteiger partial charge in [0.1, 0.15) is 5.75 Å². The van der Waals surface area contributed by atoms with Gasteiger partial charge in [-0.15, -0.1) is 0 Å². The number of likely N-dealkylation sites (tertiary alicyclic amines) is 1. The van der Waals surface area contributed by atoms with Crippen molar-refractivity contribution >= 4 is 5.91 Å². The fourth-order valence-electron chi connectivity index (χ4n) is 3.76. The molecule has 1 atom stereocenters. The maximum atomic E-state index is 12.6. The summed E-state index contributed by atoms with van der Waals surface area (Å²) in [6, 6.07) is 13.3. The topological polar surface area (TPSA) is 86.9 Å². The Hall–Kier alpha value is -3.55. The Kier molecular flexibility index (Phi) is 4.74. The Morgan fingerprint density at radius 1 is 1.17 bits per heavy atom. The zero-order valence-corrected chi connectivity index (χ0v) is 16.5. The van der Waals surface area contributed by atoms with E-state index in [1.807, 2.05) is 54.3 Å². The van der Waals surface area contributed by atoms with Gasteiger partial charge in [-0.1, -0.05) is 23.4 Å². The third-order valence-electron chi connectivity index (χ3n) is 5.22. The number of carbonyl (C=O) groups is 1. The fraction of sp³-hybridized carbons (Fsp3) is 0.318. The molecule has 1 fully saturated rings. The molecule has 1 amide bonds.